The summed E-state index contributed by atoms with van der Waals surface area (Å²) in [7, 11) is 0. The van der Waals surface area contributed by atoms with Crippen LogP contribution in [0.3, 0.4) is 0 Å². The monoisotopic (exact) mass is 402 g/mol. The van der Waals surface area contributed by atoms with Gasteiger partial charge >= 0.3 is 5.97 Å². The predicted molar refractivity (Wildman–Crippen MR) is 110 cm³/mol. The van der Waals surface area contributed by atoms with Crippen LogP contribution in [0.4, 0.5) is 21.5 Å². The summed E-state index contributed by atoms with van der Waals surface area (Å²) in [5.74, 6) is -0.512. The summed E-state index contributed by atoms with van der Waals surface area (Å²) in [4.78, 5) is 12.1. The molecule has 7 heteroatoms. The second-order valence-corrected chi connectivity index (χ2v) is 8.66. The highest BCUT2D eigenvalue weighted by molar-refractivity contribution is 5.90. The first-order valence-electron chi connectivity index (χ1n) is 9.45. The molecule has 0 aromatic heterocycles. The maximum Gasteiger partial charge on any atom is 0.338 e. The van der Waals surface area contributed by atoms with E-state index in [1.165, 1.54) is 12.1 Å². The fourth-order valence-electron chi connectivity index (χ4n) is 2.76. The zero-order valence-electron chi connectivity index (χ0n) is 17.2. The largest absolute Gasteiger partial charge is 0.493 e. The Balaban J connectivity index is 1.67. The van der Waals surface area contributed by atoms with Crippen LogP contribution in [0.2, 0.25) is 0 Å². The van der Waals surface area contributed by atoms with Crippen LogP contribution in [-0.4, -0.2) is 31.4 Å². The van der Waals surface area contributed by atoms with Crippen molar-refractivity contribution in [2.75, 3.05) is 30.9 Å². The van der Waals surface area contributed by atoms with Gasteiger partial charge in [-0.3, -0.25) is 0 Å². The van der Waals surface area contributed by atoms with Crippen molar-refractivity contribution in [2.24, 2.45) is 5.41 Å². The molecule has 1 saturated heterocycles. The van der Waals surface area contributed by atoms with Gasteiger partial charge in [-0.25, -0.2) is 9.18 Å². The molecule has 1 fully saturated rings. The Kier molecular flexibility index (Phi) is 5.71. The third-order valence-electron chi connectivity index (χ3n) is 4.38. The van der Waals surface area contributed by atoms with E-state index in [4.69, 9.17) is 19.9 Å². The predicted octanol–water partition coefficient (Wildman–Crippen LogP) is 4.52. The first kappa shape index (κ1) is 20.9. The van der Waals surface area contributed by atoms with Crippen LogP contribution < -0.4 is 15.8 Å². The molecule has 0 aliphatic carbocycles. The number of nitrogens with one attached hydrogen (secondary N) is 1. The van der Waals surface area contributed by atoms with Crippen molar-refractivity contribution in [3.8, 4) is 5.75 Å². The molecule has 156 valence electrons. The molecule has 1 aliphatic heterocycles. The molecule has 3 rings (SSSR count). The Morgan fingerprint density at radius 2 is 1.90 bits per heavy atom. The number of carbonyl (C=O) groups is 1. The van der Waals surface area contributed by atoms with Gasteiger partial charge in [-0.2, -0.15) is 0 Å². The Morgan fingerprint density at radius 3 is 2.45 bits per heavy atom. The number of ether oxygens (including phenoxy) is 3. The first-order chi connectivity index (χ1) is 13.5. The summed E-state index contributed by atoms with van der Waals surface area (Å²) in [5, 5.41) is 2.95. The van der Waals surface area contributed by atoms with E-state index < -0.39 is 17.4 Å². The molecular weight excluding hydrogens is 375 g/mol. The van der Waals surface area contributed by atoms with E-state index in [9.17, 15) is 9.18 Å². The molecule has 0 atom stereocenters. The van der Waals surface area contributed by atoms with E-state index >= 15 is 0 Å². The molecule has 0 spiro atoms. The minimum Gasteiger partial charge on any atom is -0.493 e. The van der Waals surface area contributed by atoms with Crippen LogP contribution in [0.25, 0.3) is 0 Å². The van der Waals surface area contributed by atoms with Crippen molar-refractivity contribution in [1.29, 1.82) is 0 Å². The van der Waals surface area contributed by atoms with Crippen LogP contribution in [0.1, 0.15) is 38.1 Å². The zero-order valence-corrected chi connectivity index (χ0v) is 17.2. The molecule has 3 N–H and O–H groups in total. The van der Waals surface area contributed by atoms with Crippen LogP contribution in [0, 0.1) is 11.2 Å². The van der Waals surface area contributed by atoms with Crippen LogP contribution in [0.5, 0.6) is 5.75 Å². The van der Waals surface area contributed by atoms with Crippen molar-refractivity contribution in [3.05, 3.63) is 47.8 Å². The van der Waals surface area contributed by atoms with E-state index in [1.807, 2.05) is 0 Å². The number of hydrogen-bond donors (Lipinski definition) is 2. The number of esters is 1. The van der Waals surface area contributed by atoms with Gasteiger partial charge in [0, 0.05) is 11.5 Å². The SMILES string of the molecule is CC1(COc2ccc(Nc3ccc(C(=O)OC(C)(C)C)cc3F)c(N)c2)COC1. The molecule has 6 nitrogen and oxygen atoms in total. The number of benzene rings is 2. The van der Waals surface area contributed by atoms with E-state index in [-0.39, 0.29) is 16.7 Å². The van der Waals surface area contributed by atoms with Gasteiger partial charge in [-0.05, 0) is 51.1 Å². The Morgan fingerprint density at radius 1 is 1.21 bits per heavy atom. The summed E-state index contributed by atoms with van der Waals surface area (Å²) in [6.07, 6.45) is 0. The number of hydrogen-bond acceptors (Lipinski definition) is 6. The highest BCUT2D eigenvalue weighted by Crippen LogP contribution is 2.31. The highest BCUT2D eigenvalue weighted by atomic mass is 19.1. The highest BCUT2D eigenvalue weighted by Gasteiger charge is 2.34. The van der Waals surface area contributed by atoms with Gasteiger partial charge in [0.05, 0.1) is 42.4 Å². The summed E-state index contributed by atoms with van der Waals surface area (Å²) in [5.41, 5.74) is 6.79. The molecule has 29 heavy (non-hydrogen) atoms. The molecule has 2 aromatic rings. The van der Waals surface area contributed by atoms with Crippen LogP contribution in [-0.2, 0) is 9.47 Å². The number of rotatable bonds is 6. The molecule has 0 unspecified atom stereocenters. The van der Waals surface area contributed by atoms with Gasteiger partial charge in [0.15, 0.2) is 0 Å². The number of halogens is 1. The van der Waals surface area contributed by atoms with Crippen LogP contribution in [0.15, 0.2) is 36.4 Å². The topological polar surface area (TPSA) is 82.8 Å². The van der Waals surface area contributed by atoms with Gasteiger partial charge in [-0.1, -0.05) is 6.92 Å². The molecule has 0 amide bonds. The minimum absolute atomic E-state index is 0.0324. The molecule has 2 aromatic carbocycles. The van der Waals surface area contributed by atoms with E-state index in [1.54, 1.807) is 39.0 Å². The third-order valence-corrected chi connectivity index (χ3v) is 4.38. The average molecular weight is 402 g/mol. The Labute approximate surface area is 170 Å². The van der Waals surface area contributed by atoms with Gasteiger partial charge in [0.1, 0.15) is 17.2 Å². The van der Waals surface area contributed by atoms with Crippen molar-refractivity contribution in [2.45, 2.75) is 33.3 Å². The lowest BCUT2D eigenvalue weighted by molar-refractivity contribution is -0.120. The summed E-state index contributed by atoms with van der Waals surface area (Å²) in [6.45, 7) is 9.27. The zero-order chi connectivity index (χ0) is 21.2. The lowest BCUT2D eigenvalue weighted by Gasteiger charge is -2.37. The fraction of sp³-hybridized carbons (Fsp3) is 0.409. The molecule has 1 aliphatic rings. The van der Waals surface area contributed by atoms with Crippen LogP contribution >= 0.6 is 0 Å². The Hall–Kier alpha value is -2.80. The van der Waals surface area contributed by atoms with Gasteiger partial charge in [0.2, 0.25) is 0 Å². The number of anilines is 3. The van der Waals surface area contributed by atoms with Gasteiger partial charge < -0.3 is 25.3 Å². The number of nitrogen functional groups attached to an aromatic ring is 1. The average Bonchev–Trinajstić information content (AvgIpc) is 2.60. The maximum absolute atomic E-state index is 14.5. The normalized spacial score (nSPS) is 15.3. The van der Waals surface area contributed by atoms with Gasteiger partial charge in [0.25, 0.3) is 0 Å². The molecule has 1 heterocycles. The molecule has 0 radical (unpaired) electrons. The second-order valence-electron chi connectivity index (χ2n) is 8.66. The molecular formula is C22H27FN2O4. The first-order valence-corrected chi connectivity index (χ1v) is 9.45. The quantitative estimate of drug-likeness (QED) is 0.546. The number of carbonyl (C=O) groups excluding carboxylic acids is 1. The Bertz CT molecular complexity index is 904. The van der Waals surface area contributed by atoms with Crippen molar-refractivity contribution in [1.82, 2.24) is 0 Å². The van der Waals surface area contributed by atoms with Crippen molar-refractivity contribution in [3.63, 3.8) is 0 Å². The summed E-state index contributed by atoms with van der Waals surface area (Å²) >= 11 is 0. The standard InChI is InChI=1S/C22H27FN2O4/c1-21(2,3)29-20(26)14-5-7-18(16(23)9-14)25-19-8-6-15(10-17(19)24)28-13-22(4)11-27-12-22/h5-10,25H,11-13,24H2,1-4H3. The van der Waals surface area contributed by atoms with Crippen molar-refractivity contribution >= 4 is 23.0 Å². The van der Waals surface area contributed by atoms with Crippen molar-refractivity contribution < 1.29 is 23.4 Å². The van der Waals surface area contributed by atoms with Gasteiger partial charge in [-0.15, -0.1) is 0 Å². The van der Waals surface area contributed by atoms with E-state index in [2.05, 4.69) is 12.2 Å². The third kappa shape index (κ3) is 5.38. The second kappa shape index (κ2) is 7.91. The summed E-state index contributed by atoms with van der Waals surface area (Å²) < 4.78 is 30.8. The molecule has 0 bridgehead atoms. The van der Waals surface area contributed by atoms with E-state index in [0.717, 1.165) is 6.07 Å². The fourth-order valence-corrected chi connectivity index (χ4v) is 2.76. The number of nitrogens with two attached hydrogens (primary N) is 1. The molecule has 0 saturated carbocycles. The minimum atomic E-state index is -0.647. The lowest BCUT2D eigenvalue weighted by atomic mass is 9.90. The maximum atomic E-state index is 14.5. The smallest absolute Gasteiger partial charge is 0.338 e. The van der Waals surface area contributed by atoms with E-state index in [0.29, 0.717) is 36.9 Å². The lowest BCUT2D eigenvalue weighted by Crippen LogP contribution is -2.44. The summed E-state index contributed by atoms with van der Waals surface area (Å²) in [6, 6.07) is 9.33.